The van der Waals surface area contributed by atoms with E-state index in [1.54, 1.807) is 16.9 Å². The predicted molar refractivity (Wildman–Crippen MR) is 104 cm³/mol. The number of hydrogen-bond donors (Lipinski definition) is 0. The van der Waals surface area contributed by atoms with Gasteiger partial charge in [0.25, 0.3) is 0 Å². The molecule has 0 fully saturated rings. The number of fused-ring (bicyclic) bond motifs is 1. The van der Waals surface area contributed by atoms with E-state index in [1.165, 1.54) is 0 Å². The molecule has 1 atom stereocenters. The number of nitrogens with zero attached hydrogens (tertiary/aromatic N) is 2. The van der Waals surface area contributed by atoms with Crippen LogP contribution in [0.1, 0.15) is 13.3 Å². The van der Waals surface area contributed by atoms with E-state index in [0.717, 1.165) is 17.8 Å². The lowest BCUT2D eigenvalue weighted by Crippen LogP contribution is -2.37. The molecule has 27 heavy (non-hydrogen) atoms. The van der Waals surface area contributed by atoms with Crippen LogP contribution in [0.4, 0.5) is 11.4 Å². The first kappa shape index (κ1) is 18.8. The molecule has 2 aromatic rings. The molecule has 0 saturated carbocycles. The van der Waals surface area contributed by atoms with Gasteiger partial charge in [-0.25, -0.2) is 0 Å². The van der Waals surface area contributed by atoms with Crippen molar-refractivity contribution in [1.29, 1.82) is 0 Å². The average molecular weight is 368 g/mol. The van der Waals surface area contributed by atoms with E-state index < -0.39 is 0 Å². The molecule has 0 aliphatic carbocycles. The molecular weight excluding hydrogens is 344 g/mol. The predicted octanol–water partition coefficient (Wildman–Crippen LogP) is 3.11. The van der Waals surface area contributed by atoms with Gasteiger partial charge in [-0.3, -0.25) is 9.59 Å². The standard InChI is InChI=1S/C21H24N2O4/c1-16-14-22(15-24)17-8-3-4-9-18(17)23(21(16)25)12-7-13-27-20-11-6-5-10-19(20)26-2/h3-6,8-11,15-16H,7,12-14H2,1-2H3. The largest absolute Gasteiger partial charge is 0.493 e. The number of carbonyl (C=O) groups excluding carboxylic acids is 2. The van der Waals surface area contributed by atoms with Crippen molar-refractivity contribution in [3.8, 4) is 11.5 Å². The summed E-state index contributed by atoms with van der Waals surface area (Å²) >= 11 is 0. The minimum absolute atomic E-state index is 0.0177. The molecule has 0 radical (unpaired) electrons. The topological polar surface area (TPSA) is 59.1 Å². The summed E-state index contributed by atoms with van der Waals surface area (Å²) in [7, 11) is 1.61. The first-order valence-corrected chi connectivity index (χ1v) is 9.04. The highest BCUT2D eigenvalue weighted by atomic mass is 16.5. The van der Waals surface area contributed by atoms with Gasteiger partial charge in [-0.05, 0) is 30.7 Å². The number of rotatable bonds is 7. The van der Waals surface area contributed by atoms with Gasteiger partial charge < -0.3 is 19.3 Å². The first-order valence-electron chi connectivity index (χ1n) is 9.04. The van der Waals surface area contributed by atoms with Crippen molar-refractivity contribution in [2.75, 3.05) is 36.6 Å². The maximum Gasteiger partial charge on any atom is 0.231 e. The number of para-hydroxylation sites is 4. The number of anilines is 2. The number of ether oxygens (including phenoxy) is 2. The van der Waals surface area contributed by atoms with Crippen LogP contribution in [-0.4, -0.2) is 39.1 Å². The van der Waals surface area contributed by atoms with Gasteiger partial charge >= 0.3 is 0 Å². The van der Waals surface area contributed by atoms with Crippen molar-refractivity contribution in [3.05, 3.63) is 48.5 Å². The lowest BCUT2D eigenvalue weighted by molar-refractivity contribution is -0.121. The minimum atomic E-state index is -0.266. The van der Waals surface area contributed by atoms with Crippen LogP contribution in [0.25, 0.3) is 0 Å². The van der Waals surface area contributed by atoms with E-state index in [-0.39, 0.29) is 11.8 Å². The van der Waals surface area contributed by atoms with Gasteiger partial charge in [-0.2, -0.15) is 0 Å². The van der Waals surface area contributed by atoms with Gasteiger partial charge in [0.2, 0.25) is 12.3 Å². The number of amides is 2. The second kappa shape index (κ2) is 8.58. The molecule has 1 heterocycles. The Labute approximate surface area is 159 Å². The fourth-order valence-corrected chi connectivity index (χ4v) is 3.26. The van der Waals surface area contributed by atoms with Gasteiger partial charge in [0.1, 0.15) is 0 Å². The highest BCUT2D eigenvalue weighted by Gasteiger charge is 2.30. The second-order valence-corrected chi connectivity index (χ2v) is 6.49. The molecule has 6 nitrogen and oxygen atoms in total. The fraction of sp³-hybridized carbons (Fsp3) is 0.333. The number of benzene rings is 2. The number of hydrogen-bond acceptors (Lipinski definition) is 4. The van der Waals surface area contributed by atoms with Crippen LogP contribution in [0.5, 0.6) is 11.5 Å². The quantitative estimate of drug-likeness (QED) is 0.557. The average Bonchev–Trinajstić information content (AvgIpc) is 2.81. The van der Waals surface area contributed by atoms with Crippen molar-refractivity contribution in [2.24, 2.45) is 5.92 Å². The van der Waals surface area contributed by atoms with E-state index in [0.29, 0.717) is 37.6 Å². The van der Waals surface area contributed by atoms with Crippen LogP contribution in [0, 0.1) is 5.92 Å². The van der Waals surface area contributed by atoms with Crippen LogP contribution in [0.2, 0.25) is 0 Å². The molecule has 1 aliphatic rings. The van der Waals surface area contributed by atoms with Gasteiger partial charge in [0.15, 0.2) is 11.5 Å². The van der Waals surface area contributed by atoms with Crippen molar-refractivity contribution < 1.29 is 19.1 Å². The Morgan fingerprint density at radius 1 is 1.07 bits per heavy atom. The van der Waals surface area contributed by atoms with E-state index in [4.69, 9.17) is 9.47 Å². The molecule has 2 amide bonds. The molecule has 1 aliphatic heterocycles. The molecule has 0 saturated heterocycles. The van der Waals surface area contributed by atoms with E-state index in [2.05, 4.69) is 0 Å². The van der Waals surface area contributed by atoms with Crippen LogP contribution in [0.3, 0.4) is 0 Å². The zero-order valence-electron chi connectivity index (χ0n) is 15.6. The summed E-state index contributed by atoms with van der Waals surface area (Å²) in [5.41, 5.74) is 1.52. The van der Waals surface area contributed by atoms with Crippen molar-refractivity contribution in [3.63, 3.8) is 0 Å². The van der Waals surface area contributed by atoms with E-state index in [9.17, 15) is 9.59 Å². The summed E-state index contributed by atoms with van der Waals surface area (Å²) in [6.45, 7) is 3.21. The summed E-state index contributed by atoms with van der Waals surface area (Å²) < 4.78 is 11.1. The summed E-state index contributed by atoms with van der Waals surface area (Å²) in [5, 5.41) is 0. The van der Waals surface area contributed by atoms with Crippen LogP contribution < -0.4 is 19.3 Å². The molecular formula is C21H24N2O4. The van der Waals surface area contributed by atoms with Crippen molar-refractivity contribution in [1.82, 2.24) is 0 Å². The molecule has 1 unspecified atom stereocenters. The summed E-state index contributed by atoms with van der Waals surface area (Å²) in [6, 6.07) is 15.0. The lowest BCUT2D eigenvalue weighted by atomic mass is 10.1. The smallest absolute Gasteiger partial charge is 0.231 e. The normalized spacial score (nSPS) is 16.5. The Balaban J connectivity index is 1.71. The highest BCUT2D eigenvalue weighted by Crippen LogP contribution is 2.33. The van der Waals surface area contributed by atoms with Gasteiger partial charge in [-0.15, -0.1) is 0 Å². The SMILES string of the molecule is COc1ccccc1OCCCN1C(=O)C(C)CN(C=O)c2ccccc21. The molecule has 6 heteroatoms. The molecule has 142 valence electrons. The Bertz CT molecular complexity index is 808. The first-order chi connectivity index (χ1) is 13.2. The van der Waals surface area contributed by atoms with Crippen LogP contribution in [-0.2, 0) is 9.59 Å². The van der Waals surface area contributed by atoms with Crippen molar-refractivity contribution in [2.45, 2.75) is 13.3 Å². The molecule has 3 rings (SSSR count). The Hall–Kier alpha value is -3.02. The Kier molecular flexibility index (Phi) is 5.96. The maximum atomic E-state index is 12.9. The molecule has 0 bridgehead atoms. The van der Waals surface area contributed by atoms with Gasteiger partial charge in [0, 0.05) is 13.1 Å². The molecule has 2 aromatic carbocycles. The van der Waals surface area contributed by atoms with Crippen LogP contribution >= 0.6 is 0 Å². The third kappa shape index (κ3) is 4.05. The van der Waals surface area contributed by atoms with Gasteiger partial charge in [-0.1, -0.05) is 31.2 Å². The fourth-order valence-electron chi connectivity index (χ4n) is 3.26. The minimum Gasteiger partial charge on any atom is -0.493 e. The monoisotopic (exact) mass is 368 g/mol. The maximum absolute atomic E-state index is 12.9. The lowest BCUT2D eigenvalue weighted by Gasteiger charge is -2.24. The Morgan fingerprint density at radius 3 is 2.44 bits per heavy atom. The molecule has 0 N–H and O–H groups in total. The zero-order chi connectivity index (χ0) is 19.2. The summed E-state index contributed by atoms with van der Waals surface area (Å²) in [5.74, 6) is 1.12. The number of carbonyl (C=O) groups is 2. The van der Waals surface area contributed by atoms with E-state index >= 15 is 0 Å². The number of methoxy groups -OCH3 is 1. The van der Waals surface area contributed by atoms with Crippen LogP contribution in [0.15, 0.2) is 48.5 Å². The van der Waals surface area contributed by atoms with Gasteiger partial charge in [0.05, 0.1) is 31.0 Å². The van der Waals surface area contributed by atoms with E-state index in [1.807, 2.05) is 55.5 Å². The Morgan fingerprint density at radius 2 is 1.74 bits per heavy atom. The zero-order valence-corrected chi connectivity index (χ0v) is 15.6. The summed E-state index contributed by atoms with van der Waals surface area (Å²) in [4.78, 5) is 27.7. The highest BCUT2D eigenvalue weighted by molar-refractivity contribution is 6.02. The third-order valence-electron chi connectivity index (χ3n) is 4.62. The molecule has 0 spiro atoms. The molecule has 0 aromatic heterocycles. The third-order valence-corrected chi connectivity index (χ3v) is 4.62. The summed E-state index contributed by atoms with van der Waals surface area (Å²) in [6.07, 6.45) is 1.45. The second-order valence-electron chi connectivity index (χ2n) is 6.49. The van der Waals surface area contributed by atoms with Crippen molar-refractivity contribution >= 4 is 23.7 Å².